The average molecular weight is 294 g/mol. The van der Waals surface area contributed by atoms with E-state index in [-0.39, 0.29) is 18.2 Å². The van der Waals surface area contributed by atoms with Crippen molar-refractivity contribution < 1.29 is 17.9 Å². The highest BCUT2D eigenvalue weighted by molar-refractivity contribution is 7.89. The van der Waals surface area contributed by atoms with Crippen LogP contribution in [0.5, 0.6) is 0 Å². The Kier molecular flexibility index (Phi) is 5.48. The summed E-state index contributed by atoms with van der Waals surface area (Å²) >= 11 is 4.75. The molecule has 1 fully saturated rings. The number of nitrogens with zero attached hydrogens (tertiary/aromatic N) is 1. The van der Waals surface area contributed by atoms with Gasteiger partial charge in [-0.25, -0.2) is 8.42 Å². The van der Waals surface area contributed by atoms with Crippen LogP contribution in [-0.4, -0.2) is 49.1 Å². The van der Waals surface area contributed by atoms with Crippen LogP contribution in [0.25, 0.3) is 0 Å². The smallest absolute Gasteiger partial charge is 0.306 e. The van der Waals surface area contributed by atoms with Crippen molar-refractivity contribution in [3.63, 3.8) is 0 Å². The maximum atomic E-state index is 12.1. The highest BCUT2D eigenvalue weighted by Gasteiger charge is 2.36. The first-order valence-corrected chi connectivity index (χ1v) is 7.73. The number of esters is 1. The van der Waals surface area contributed by atoms with Gasteiger partial charge in [-0.15, -0.1) is 0 Å². The molecule has 18 heavy (non-hydrogen) atoms. The van der Waals surface area contributed by atoms with E-state index in [2.05, 4.69) is 4.74 Å². The fraction of sp³-hybridized carbons (Fsp3) is 0.800. The summed E-state index contributed by atoms with van der Waals surface area (Å²) < 4.78 is 30.0. The molecule has 1 rings (SSSR count). The van der Waals surface area contributed by atoms with Crippen molar-refractivity contribution in [1.29, 1.82) is 0 Å². The number of hydrogen-bond acceptors (Lipinski definition) is 5. The lowest BCUT2D eigenvalue weighted by Crippen LogP contribution is -2.37. The number of rotatable bonds is 8. The number of carbonyl (C=O) groups is 1. The van der Waals surface area contributed by atoms with Crippen molar-refractivity contribution in [1.82, 2.24) is 4.31 Å². The molecule has 8 heteroatoms. The van der Waals surface area contributed by atoms with E-state index in [4.69, 9.17) is 18.0 Å². The molecule has 6 nitrogen and oxygen atoms in total. The Labute approximate surface area is 113 Å². The van der Waals surface area contributed by atoms with Crippen LogP contribution in [0.1, 0.15) is 25.7 Å². The summed E-state index contributed by atoms with van der Waals surface area (Å²) in [7, 11) is -2.21. The summed E-state index contributed by atoms with van der Waals surface area (Å²) in [6.45, 7) is 0.295. The van der Waals surface area contributed by atoms with Crippen LogP contribution < -0.4 is 5.73 Å². The molecule has 0 spiro atoms. The molecule has 0 radical (unpaired) electrons. The average Bonchev–Trinajstić information content (AvgIpc) is 3.09. The molecule has 0 aromatic rings. The summed E-state index contributed by atoms with van der Waals surface area (Å²) in [6.07, 6.45) is 1.95. The molecule has 0 amide bonds. The van der Waals surface area contributed by atoms with Gasteiger partial charge < -0.3 is 10.5 Å². The molecule has 104 valence electrons. The molecule has 1 aliphatic carbocycles. The highest BCUT2D eigenvalue weighted by atomic mass is 32.2. The Bertz CT molecular complexity index is 418. The van der Waals surface area contributed by atoms with E-state index in [1.54, 1.807) is 0 Å². The van der Waals surface area contributed by atoms with Gasteiger partial charge in [0.1, 0.15) is 0 Å². The monoisotopic (exact) mass is 294 g/mol. The number of methoxy groups -OCH3 is 1. The Morgan fingerprint density at radius 2 is 2.06 bits per heavy atom. The van der Waals surface area contributed by atoms with Gasteiger partial charge in [0.15, 0.2) is 0 Å². The minimum Gasteiger partial charge on any atom is -0.469 e. The van der Waals surface area contributed by atoms with Gasteiger partial charge in [0.25, 0.3) is 0 Å². The van der Waals surface area contributed by atoms with Crippen LogP contribution in [-0.2, 0) is 19.6 Å². The molecule has 0 aliphatic heterocycles. The zero-order chi connectivity index (χ0) is 13.8. The molecule has 2 N–H and O–H groups in total. The van der Waals surface area contributed by atoms with Crippen LogP contribution >= 0.6 is 12.2 Å². The van der Waals surface area contributed by atoms with Gasteiger partial charge in [-0.1, -0.05) is 12.2 Å². The Morgan fingerprint density at radius 3 is 2.50 bits per heavy atom. The molecule has 1 saturated carbocycles. The molecule has 0 atom stereocenters. The summed E-state index contributed by atoms with van der Waals surface area (Å²) in [5.74, 6) is -0.753. The maximum Gasteiger partial charge on any atom is 0.306 e. The number of sulfonamides is 1. The Morgan fingerprint density at radius 1 is 1.44 bits per heavy atom. The van der Waals surface area contributed by atoms with E-state index in [9.17, 15) is 13.2 Å². The van der Waals surface area contributed by atoms with Crippen LogP contribution in [0.15, 0.2) is 0 Å². The van der Waals surface area contributed by atoms with Crippen molar-refractivity contribution in [2.45, 2.75) is 31.7 Å². The standard InChI is InChI=1S/C10H18N2O4S2/c1-16-10(13)5-7-18(14,15)12(8-2-3-8)6-4-9(11)17/h8H,2-7H2,1H3,(H2,11,17). The fourth-order valence-corrected chi connectivity index (χ4v) is 3.35. The van der Waals surface area contributed by atoms with E-state index in [0.717, 1.165) is 12.8 Å². The molecule has 0 aromatic carbocycles. The molecular formula is C10H18N2O4S2. The first kappa shape index (κ1) is 15.3. The lowest BCUT2D eigenvalue weighted by Gasteiger charge is -2.21. The second kappa shape index (κ2) is 6.44. The molecule has 0 aromatic heterocycles. The summed E-state index contributed by atoms with van der Waals surface area (Å²) in [4.78, 5) is 11.3. The molecule has 0 saturated heterocycles. The third kappa shape index (κ3) is 4.87. The summed E-state index contributed by atoms with van der Waals surface area (Å²) in [5.41, 5.74) is 5.38. The van der Waals surface area contributed by atoms with Crippen molar-refractivity contribution in [2.24, 2.45) is 5.73 Å². The van der Waals surface area contributed by atoms with Gasteiger partial charge in [-0.3, -0.25) is 4.79 Å². The number of ether oxygens (including phenoxy) is 1. The SMILES string of the molecule is COC(=O)CCS(=O)(=O)N(CCC(N)=S)C1CC1. The third-order valence-electron chi connectivity index (χ3n) is 2.68. The predicted octanol–water partition coefficient (Wildman–Crippen LogP) is 0.0199. The quantitative estimate of drug-likeness (QED) is 0.501. The second-order valence-corrected chi connectivity index (χ2v) is 6.77. The summed E-state index contributed by atoms with van der Waals surface area (Å²) in [5, 5.41) is 0. The first-order chi connectivity index (χ1) is 8.36. The van der Waals surface area contributed by atoms with E-state index < -0.39 is 16.0 Å². The van der Waals surface area contributed by atoms with E-state index >= 15 is 0 Å². The summed E-state index contributed by atoms with van der Waals surface area (Å²) in [6, 6.07) is 0.0435. The zero-order valence-corrected chi connectivity index (χ0v) is 11.9. The predicted molar refractivity (Wildman–Crippen MR) is 71.6 cm³/mol. The van der Waals surface area contributed by atoms with E-state index in [0.29, 0.717) is 18.0 Å². The molecular weight excluding hydrogens is 276 g/mol. The van der Waals surface area contributed by atoms with Gasteiger partial charge in [-0.2, -0.15) is 4.31 Å². The Balaban J connectivity index is 2.59. The minimum absolute atomic E-state index is 0.0435. The lowest BCUT2D eigenvalue weighted by molar-refractivity contribution is -0.140. The Hall–Kier alpha value is -0.730. The van der Waals surface area contributed by atoms with Crippen LogP contribution in [0.2, 0.25) is 0 Å². The van der Waals surface area contributed by atoms with Crippen LogP contribution in [0, 0.1) is 0 Å². The first-order valence-electron chi connectivity index (χ1n) is 5.71. The largest absolute Gasteiger partial charge is 0.469 e. The normalized spacial score (nSPS) is 15.7. The topological polar surface area (TPSA) is 89.7 Å². The zero-order valence-electron chi connectivity index (χ0n) is 10.3. The second-order valence-electron chi connectivity index (χ2n) is 4.20. The fourth-order valence-electron chi connectivity index (χ4n) is 1.56. The molecule has 0 unspecified atom stereocenters. The van der Waals surface area contributed by atoms with Crippen LogP contribution in [0.3, 0.4) is 0 Å². The number of thiocarbonyl (C=S) groups is 1. The van der Waals surface area contributed by atoms with E-state index in [1.165, 1.54) is 11.4 Å². The minimum atomic E-state index is -3.44. The third-order valence-corrected chi connectivity index (χ3v) is 4.80. The van der Waals surface area contributed by atoms with Gasteiger partial charge in [0.2, 0.25) is 10.0 Å². The van der Waals surface area contributed by atoms with Crippen molar-refractivity contribution in [3.05, 3.63) is 0 Å². The number of carbonyl (C=O) groups excluding carboxylic acids is 1. The number of nitrogens with two attached hydrogens (primary N) is 1. The molecule has 0 heterocycles. The van der Waals surface area contributed by atoms with E-state index in [1.807, 2.05) is 0 Å². The van der Waals surface area contributed by atoms with Crippen molar-refractivity contribution in [2.75, 3.05) is 19.4 Å². The number of hydrogen-bond donors (Lipinski definition) is 1. The van der Waals surface area contributed by atoms with Gasteiger partial charge >= 0.3 is 5.97 Å². The van der Waals surface area contributed by atoms with Crippen molar-refractivity contribution in [3.8, 4) is 0 Å². The van der Waals surface area contributed by atoms with Gasteiger partial charge in [-0.05, 0) is 12.8 Å². The van der Waals surface area contributed by atoms with Crippen LogP contribution in [0.4, 0.5) is 0 Å². The molecule has 1 aliphatic rings. The van der Waals surface area contributed by atoms with Gasteiger partial charge in [0.05, 0.1) is 24.3 Å². The lowest BCUT2D eigenvalue weighted by atomic mass is 10.4. The molecule has 0 bridgehead atoms. The van der Waals surface area contributed by atoms with Crippen molar-refractivity contribution >= 4 is 33.2 Å². The maximum absolute atomic E-state index is 12.1. The van der Waals surface area contributed by atoms with Gasteiger partial charge in [0, 0.05) is 19.0 Å². The highest BCUT2D eigenvalue weighted by Crippen LogP contribution is 2.29.